The third-order valence-electron chi connectivity index (χ3n) is 6.27. The topological polar surface area (TPSA) is 107 Å². The van der Waals surface area contributed by atoms with E-state index in [2.05, 4.69) is 17.2 Å². The summed E-state index contributed by atoms with van der Waals surface area (Å²) in [6.07, 6.45) is 8.17. The lowest BCUT2D eigenvalue weighted by molar-refractivity contribution is -0.116. The van der Waals surface area contributed by atoms with Gasteiger partial charge in [0.2, 0.25) is 5.91 Å². The molecule has 162 valence electrons. The number of nitrogens with zero attached hydrogens (tertiary/aromatic N) is 2. The van der Waals surface area contributed by atoms with Gasteiger partial charge in [-0.3, -0.25) is 19.0 Å². The van der Waals surface area contributed by atoms with Crippen molar-refractivity contribution in [1.29, 1.82) is 0 Å². The van der Waals surface area contributed by atoms with Crippen LogP contribution in [0, 0.1) is 5.92 Å². The average Bonchev–Trinajstić information content (AvgIpc) is 3.27. The van der Waals surface area contributed by atoms with E-state index in [1.54, 1.807) is 11.3 Å². The third-order valence-corrected chi connectivity index (χ3v) is 8.64. The van der Waals surface area contributed by atoms with Gasteiger partial charge >= 0.3 is 0 Å². The van der Waals surface area contributed by atoms with Crippen LogP contribution in [0.2, 0.25) is 0 Å². The van der Waals surface area contributed by atoms with Crippen molar-refractivity contribution in [3.8, 4) is 0 Å². The zero-order valence-corrected chi connectivity index (χ0v) is 19.0. The highest BCUT2D eigenvalue weighted by Crippen LogP contribution is 2.38. The molecule has 3 aromatic heterocycles. The van der Waals surface area contributed by atoms with Crippen LogP contribution < -0.4 is 16.6 Å². The first-order valence-corrected chi connectivity index (χ1v) is 12.3. The van der Waals surface area contributed by atoms with Crippen LogP contribution >= 0.6 is 22.7 Å². The number of nitrogens with one attached hydrogen (secondary N) is 1. The molecule has 3 heterocycles. The summed E-state index contributed by atoms with van der Waals surface area (Å²) in [6.45, 7) is 2.08. The van der Waals surface area contributed by atoms with Crippen LogP contribution in [0.25, 0.3) is 10.2 Å². The highest BCUT2D eigenvalue weighted by molar-refractivity contribution is 7.18. The van der Waals surface area contributed by atoms with E-state index in [0.717, 1.165) is 65.8 Å². The first-order chi connectivity index (χ1) is 14.9. The third kappa shape index (κ3) is 3.59. The molecule has 0 saturated carbocycles. The number of rotatable bonds is 4. The van der Waals surface area contributed by atoms with Crippen molar-refractivity contribution in [1.82, 2.24) is 9.55 Å². The van der Waals surface area contributed by atoms with Crippen molar-refractivity contribution in [3.63, 3.8) is 0 Å². The van der Waals surface area contributed by atoms with Crippen LogP contribution in [0.5, 0.6) is 0 Å². The molecule has 2 aliphatic rings. The summed E-state index contributed by atoms with van der Waals surface area (Å²) in [5.41, 5.74) is 7.94. The Morgan fingerprint density at radius 3 is 2.81 bits per heavy atom. The van der Waals surface area contributed by atoms with Gasteiger partial charge in [0.05, 0.1) is 17.3 Å². The Hall–Kier alpha value is -2.52. The number of anilines is 1. The number of aryl methyl sites for hydroxylation is 2. The van der Waals surface area contributed by atoms with E-state index in [-0.39, 0.29) is 18.0 Å². The van der Waals surface area contributed by atoms with Gasteiger partial charge in [-0.2, -0.15) is 0 Å². The summed E-state index contributed by atoms with van der Waals surface area (Å²) in [7, 11) is 0. The van der Waals surface area contributed by atoms with Crippen LogP contribution in [-0.2, 0) is 37.0 Å². The van der Waals surface area contributed by atoms with Crippen LogP contribution in [0.4, 0.5) is 5.00 Å². The molecule has 0 aliphatic heterocycles. The Bertz CT molecular complexity index is 1270. The molecule has 1 atom stereocenters. The van der Waals surface area contributed by atoms with Gasteiger partial charge in [0.15, 0.2) is 0 Å². The van der Waals surface area contributed by atoms with Gasteiger partial charge in [-0.25, -0.2) is 4.98 Å². The zero-order chi connectivity index (χ0) is 21.7. The van der Waals surface area contributed by atoms with E-state index in [4.69, 9.17) is 5.73 Å². The van der Waals surface area contributed by atoms with Crippen molar-refractivity contribution in [2.75, 3.05) is 5.32 Å². The highest BCUT2D eigenvalue weighted by atomic mass is 32.1. The van der Waals surface area contributed by atoms with E-state index in [1.807, 2.05) is 0 Å². The number of aromatic nitrogens is 2. The molecule has 0 bridgehead atoms. The maximum Gasteiger partial charge on any atom is 0.262 e. The van der Waals surface area contributed by atoms with Gasteiger partial charge in [0, 0.05) is 9.75 Å². The van der Waals surface area contributed by atoms with Gasteiger partial charge in [0.1, 0.15) is 16.4 Å². The second-order valence-electron chi connectivity index (χ2n) is 8.54. The number of hydrogen-bond donors (Lipinski definition) is 2. The number of fused-ring (bicyclic) bond motifs is 4. The fourth-order valence-corrected chi connectivity index (χ4v) is 7.37. The number of amides is 2. The van der Waals surface area contributed by atoms with E-state index in [1.165, 1.54) is 27.1 Å². The first-order valence-electron chi connectivity index (χ1n) is 10.7. The molecular weight excluding hydrogens is 432 g/mol. The van der Waals surface area contributed by atoms with Crippen molar-refractivity contribution in [3.05, 3.63) is 43.1 Å². The summed E-state index contributed by atoms with van der Waals surface area (Å²) >= 11 is 3.02. The number of carbonyl (C=O) groups excluding carboxylic acids is 2. The van der Waals surface area contributed by atoms with Crippen LogP contribution in [0.3, 0.4) is 0 Å². The summed E-state index contributed by atoms with van der Waals surface area (Å²) in [5.74, 6) is -0.263. The van der Waals surface area contributed by atoms with Crippen LogP contribution in [0.1, 0.15) is 57.4 Å². The van der Waals surface area contributed by atoms with Gasteiger partial charge in [0.25, 0.3) is 11.5 Å². The predicted molar refractivity (Wildman–Crippen MR) is 123 cm³/mol. The summed E-state index contributed by atoms with van der Waals surface area (Å²) in [4.78, 5) is 45.5. The molecule has 5 rings (SSSR count). The lowest BCUT2D eigenvalue weighted by Crippen LogP contribution is -2.28. The Kier molecular flexibility index (Phi) is 5.18. The van der Waals surface area contributed by atoms with E-state index in [0.29, 0.717) is 21.9 Å². The fourth-order valence-electron chi connectivity index (χ4n) is 4.71. The molecule has 1 unspecified atom stereocenters. The molecule has 2 amide bonds. The maximum atomic E-state index is 13.1. The Morgan fingerprint density at radius 2 is 2.00 bits per heavy atom. The number of carbonyl (C=O) groups is 2. The SMILES string of the molecule is CC1CCc2c(sc3ncn(CC(=O)Nc4sc5c(c4C(N)=O)CCCC5)c(=O)c23)C1. The van der Waals surface area contributed by atoms with E-state index < -0.39 is 5.91 Å². The molecule has 9 heteroatoms. The van der Waals surface area contributed by atoms with Crippen molar-refractivity contribution < 1.29 is 9.59 Å². The largest absolute Gasteiger partial charge is 0.365 e. The van der Waals surface area contributed by atoms with Gasteiger partial charge in [-0.1, -0.05) is 6.92 Å². The molecular formula is C22H24N4O3S2. The lowest BCUT2D eigenvalue weighted by Gasteiger charge is -2.17. The van der Waals surface area contributed by atoms with Crippen molar-refractivity contribution in [2.24, 2.45) is 11.7 Å². The molecule has 0 fully saturated rings. The van der Waals surface area contributed by atoms with E-state index in [9.17, 15) is 14.4 Å². The van der Waals surface area contributed by atoms with Crippen LogP contribution in [-0.4, -0.2) is 21.4 Å². The normalized spacial score (nSPS) is 17.9. The molecule has 3 aromatic rings. The second-order valence-corrected chi connectivity index (χ2v) is 10.7. The molecule has 31 heavy (non-hydrogen) atoms. The fraction of sp³-hybridized carbons (Fsp3) is 0.455. The maximum absolute atomic E-state index is 13.1. The van der Waals surface area contributed by atoms with Crippen molar-refractivity contribution in [2.45, 2.75) is 58.4 Å². The number of nitrogens with two attached hydrogens (primary N) is 1. The minimum Gasteiger partial charge on any atom is -0.365 e. The summed E-state index contributed by atoms with van der Waals surface area (Å²) < 4.78 is 1.36. The molecule has 0 spiro atoms. The molecule has 3 N–H and O–H groups in total. The summed E-state index contributed by atoms with van der Waals surface area (Å²) in [6, 6.07) is 0. The quantitative estimate of drug-likeness (QED) is 0.628. The first kappa shape index (κ1) is 20.4. The molecule has 0 saturated heterocycles. The smallest absolute Gasteiger partial charge is 0.262 e. The van der Waals surface area contributed by atoms with Crippen molar-refractivity contribution >= 4 is 49.7 Å². The monoisotopic (exact) mass is 456 g/mol. The molecule has 7 nitrogen and oxygen atoms in total. The second kappa shape index (κ2) is 7.87. The molecule has 0 radical (unpaired) electrons. The van der Waals surface area contributed by atoms with Gasteiger partial charge in [-0.05, 0) is 62.0 Å². The Labute approximate surface area is 187 Å². The highest BCUT2D eigenvalue weighted by Gasteiger charge is 2.26. The minimum atomic E-state index is -0.519. The Balaban J connectivity index is 1.43. The number of thiophene rings is 2. The average molecular weight is 457 g/mol. The number of primary amides is 1. The van der Waals surface area contributed by atoms with Gasteiger partial charge in [-0.15, -0.1) is 22.7 Å². The molecule has 0 aromatic carbocycles. The molecule has 2 aliphatic carbocycles. The lowest BCUT2D eigenvalue weighted by atomic mass is 9.89. The standard InChI is InChI=1S/C22H24N4O3S2/c1-11-6-7-13-15(8-11)31-20-18(13)22(29)26(10-24-20)9-16(27)25-21-17(19(23)28)12-4-2-3-5-14(12)30-21/h10-11H,2-9H2,1H3,(H2,23,28)(H,25,27). The minimum absolute atomic E-state index is 0.149. The number of hydrogen-bond acceptors (Lipinski definition) is 6. The van der Waals surface area contributed by atoms with Crippen LogP contribution in [0.15, 0.2) is 11.1 Å². The zero-order valence-electron chi connectivity index (χ0n) is 17.3. The van der Waals surface area contributed by atoms with Gasteiger partial charge < -0.3 is 11.1 Å². The Morgan fingerprint density at radius 1 is 1.19 bits per heavy atom. The summed E-state index contributed by atoms with van der Waals surface area (Å²) in [5, 5.41) is 3.98. The predicted octanol–water partition coefficient (Wildman–Crippen LogP) is 3.26. The van der Waals surface area contributed by atoms with E-state index >= 15 is 0 Å².